The number of nitrogens with zero attached hydrogens (tertiary/aromatic N) is 3. The number of phenolic OH excluding ortho intramolecular Hbond substituents is 1. The van der Waals surface area contributed by atoms with E-state index in [1.54, 1.807) is 37.3 Å². The summed E-state index contributed by atoms with van der Waals surface area (Å²) in [7, 11) is 0. The third kappa shape index (κ3) is 6.61. The maximum atomic E-state index is 11.9. The van der Waals surface area contributed by atoms with Crippen molar-refractivity contribution in [3.8, 4) is 11.4 Å². The number of benzene rings is 2. The van der Waals surface area contributed by atoms with Crippen LogP contribution in [0.5, 0.6) is 5.75 Å². The van der Waals surface area contributed by atoms with Gasteiger partial charge in [-0.25, -0.2) is 15.0 Å². The van der Waals surface area contributed by atoms with Crippen molar-refractivity contribution in [3.63, 3.8) is 0 Å². The van der Waals surface area contributed by atoms with E-state index in [1.807, 2.05) is 6.92 Å². The molecule has 11 nitrogen and oxygen atoms in total. The van der Waals surface area contributed by atoms with E-state index in [0.717, 1.165) is 12.8 Å². The van der Waals surface area contributed by atoms with Crippen LogP contribution in [0.3, 0.4) is 0 Å². The third-order valence-electron chi connectivity index (χ3n) is 4.56. The number of hydrogen-bond donors (Lipinski definition) is 4. The maximum absolute atomic E-state index is 11.9. The van der Waals surface area contributed by atoms with Gasteiger partial charge in [-0.15, -0.1) is 26.8 Å². The molecule has 0 aliphatic heterocycles. The molecule has 4 N–H and O–H groups in total. The normalized spacial score (nSPS) is 10.6. The second kappa shape index (κ2) is 11.9. The molecule has 0 radical (unpaired) electrons. The van der Waals surface area contributed by atoms with Crippen molar-refractivity contribution in [2.75, 3.05) is 18.9 Å². The number of amides is 3. The average Bonchev–Trinajstić information content (AvgIpc) is 3.24. The van der Waals surface area contributed by atoms with Crippen molar-refractivity contribution in [2.24, 2.45) is 0 Å². The summed E-state index contributed by atoms with van der Waals surface area (Å²) in [4.78, 5) is 37.3. The molecule has 0 fully saturated rings. The molecule has 1 heterocycles. The van der Waals surface area contributed by atoms with Crippen LogP contribution in [-0.4, -0.2) is 56.9 Å². The van der Waals surface area contributed by atoms with Gasteiger partial charge in [0.25, 0.3) is 0 Å². The molecule has 12 heteroatoms. The second-order valence-electron chi connectivity index (χ2n) is 7.14. The van der Waals surface area contributed by atoms with Gasteiger partial charge in [-0.05, 0) is 49.7 Å². The Morgan fingerprint density at radius 1 is 1.06 bits per heavy atom. The number of urea groups is 1. The minimum absolute atomic E-state index is 0.0363. The van der Waals surface area contributed by atoms with Gasteiger partial charge in [0.15, 0.2) is 0 Å². The maximum Gasteiger partial charge on any atom is 0.338 e. The van der Waals surface area contributed by atoms with Crippen LogP contribution in [0.15, 0.2) is 41.3 Å². The molecule has 2 aromatic carbocycles. The summed E-state index contributed by atoms with van der Waals surface area (Å²) < 4.78 is 5.00. The van der Waals surface area contributed by atoms with E-state index in [-0.39, 0.29) is 18.1 Å². The third-order valence-corrected chi connectivity index (χ3v) is 5.55. The Hall–Kier alpha value is -3.80. The number of esters is 1. The number of carbonyl (C=O) groups is 3. The van der Waals surface area contributed by atoms with Crippen LogP contribution >= 0.6 is 11.8 Å². The standard InChI is InChI=1S/C22H26N6O5S/c1-3-5-10-23-22(32)25-24-20(30)13-34-15-7-9-18(19(29)12-15)28-26-16-8-6-14(11-17(16)27-28)21(31)33-4-2/h6-9,11-12,29H,3-5,10,13H2,1-2H3,(H,24,30)(H2,23,25,32). The molecule has 0 aliphatic rings. The van der Waals surface area contributed by atoms with Crippen LogP contribution in [0.25, 0.3) is 16.7 Å². The molecular formula is C22H26N6O5S. The first-order chi connectivity index (χ1) is 16.4. The van der Waals surface area contributed by atoms with Gasteiger partial charge in [-0.1, -0.05) is 13.3 Å². The molecule has 0 spiro atoms. The number of phenols is 1. The minimum Gasteiger partial charge on any atom is -0.506 e. The van der Waals surface area contributed by atoms with E-state index in [4.69, 9.17) is 4.74 Å². The first kappa shape index (κ1) is 24.8. The quantitative estimate of drug-likeness (QED) is 0.156. The minimum atomic E-state index is -0.470. The van der Waals surface area contributed by atoms with E-state index in [9.17, 15) is 19.5 Å². The van der Waals surface area contributed by atoms with Crippen LogP contribution in [0.4, 0.5) is 4.79 Å². The molecule has 3 amide bonds. The molecule has 34 heavy (non-hydrogen) atoms. The van der Waals surface area contributed by atoms with Gasteiger partial charge in [0.1, 0.15) is 22.5 Å². The molecule has 3 aromatic rings. The van der Waals surface area contributed by atoms with Crippen molar-refractivity contribution in [1.82, 2.24) is 31.2 Å². The fraction of sp³-hybridized carbons (Fsp3) is 0.318. The summed E-state index contributed by atoms with van der Waals surface area (Å²) in [6, 6.07) is 9.21. The highest BCUT2D eigenvalue weighted by Crippen LogP contribution is 2.28. The van der Waals surface area contributed by atoms with Crippen molar-refractivity contribution >= 4 is 40.7 Å². The van der Waals surface area contributed by atoms with Gasteiger partial charge in [0, 0.05) is 11.4 Å². The molecule has 1 aromatic heterocycles. The smallest absolute Gasteiger partial charge is 0.338 e. The Morgan fingerprint density at radius 2 is 1.85 bits per heavy atom. The van der Waals surface area contributed by atoms with E-state index >= 15 is 0 Å². The molecule has 180 valence electrons. The summed E-state index contributed by atoms with van der Waals surface area (Å²) in [6.07, 6.45) is 1.81. The number of ether oxygens (including phenoxy) is 1. The lowest BCUT2D eigenvalue weighted by molar-refractivity contribution is -0.119. The molecule has 0 saturated heterocycles. The van der Waals surface area contributed by atoms with E-state index in [2.05, 4.69) is 26.4 Å². The lowest BCUT2D eigenvalue weighted by atomic mass is 10.2. The number of thioether (sulfide) groups is 1. The highest BCUT2D eigenvalue weighted by atomic mass is 32.2. The lowest BCUT2D eigenvalue weighted by Crippen LogP contribution is -2.47. The van der Waals surface area contributed by atoms with Crippen molar-refractivity contribution < 1.29 is 24.2 Å². The molecular weight excluding hydrogens is 460 g/mol. The first-order valence-electron chi connectivity index (χ1n) is 10.7. The largest absolute Gasteiger partial charge is 0.506 e. The van der Waals surface area contributed by atoms with Crippen LogP contribution in [-0.2, 0) is 9.53 Å². The summed E-state index contributed by atoms with van der Waals surface area (Å²) in [6.45, 7) is 4.55. The topological polar surface area (TPSA) is 147 Å². The van der Waals surface area contributed by atoms with E-state index in [1.165, 1.54) is 22.6 Å². The number of aromatic nitrogens is 3. The number of rotatable bonds is 9. The summed E-state index contributed by atoms with van der Waals surface area (Å²) in [5.41, 5.74) is 6.35. The summed E-state index contributed by atoms with van der Waals surface area (Å²) in [5.74, 6) is -0.880. The molecule has 0 bridgehead atoms. The monoisotopic (exact) mass is 486 g/mol. The fourth-order valence-electron chi connectivity index (χ4n) is 2.86. The number of hydrogen-bond acceptors (Lipinski definition) is 8. The van der Waals surface area contributed by atoms with Gasteiger partial charge in [0.05, 0.1) is 17.9 Å². The zero-order valence-corrected chi connectivity index (χ0v) is 19.6. The molecule has 0 saturated carbocycles. The van der Waals surface area contributed by atoms with Gasteiger partial charge in [-0.3, -0.25) is 10.2 Å². The number of hydrazine groups is 1. The van der Waals surface area contributed by atoms with Crippen LogP contribution < -0.4 is 16.2 Å². The van der Waals surface area contributed by atoms with Crippen LogP contribution in [0, 0.1) is 0 Å². The van der Waals surface area contributed by atoms with Crippen LogP contribution in [0.2, 0.25) is 0 Å². The SMILES string of the molecule is CCCCNC(=O)NNC(=O)CSc1ccc(-n2nc3ccc(C(=O)OCC)cc3n2)c(O)c1. The molecule has 3 rings (SSSR count). The molecule has 0 aliphatic carbocycles. The van der Waals surface area contributed by atoms with Gasteiger partial charge >= 0.3 is 12.0 Å². The predicted molar refractivity (Wildman–Crippen MR) is 127 cm³/mol. The highest BCUT2D eigenvalue weighted by Gasteiger charge is 2.13. The van der Waals surface area contributed by atoms with Gasteiger partial charge in [-0.2, -0.15) is 0 Å². The molecule has 0 atom stereocenters. The Balaban J connectivity index is 1.59. The first-order valence-corrected chi connectivity index (χ1v) is 11.7. The lowest BCUT2D eigenvalue weighted by Gasteiger charge is -2.09. The number of nitrogens with one attached hydrogen (secondary N) is 3. The van der Waals surface area contributed by atoms with Crippen molar-refractivity contribution in [2.45, 2.75) is 31.6 Å². The summed E-state index contributed by atoms with van der Waals surface area (Å²) in [5, 5.41) is 21.8. The Bertz CT molecular complexity index is 1180. The fourth-order valence-corrected chi connectivity index (χ4v) is 3.59. The Labute approximate surface area is 200 Å². The van der Waals surface area contributed by atoms with E-state index < -0.39 is 17.9 Å². The Morgan fingerprint density at radius 3 is 2.59 bits per heavy atom. The highest BCUT2D eigenvalue weighted by molar-refractivity contribution is 8.00. The van der Waals surface area contributed by atoms with Crippen molar-refractivity contribution in [3.05, 3.63) is 42.0 Å². The average molecular weight is 487 g/mol. The number of unbranched alkanes of at least 4 members (excludes halogenated alkanes) is 1. The number of aromatic hydroxyl groups is 1. The second-order valence-corrected chi connectivity index (χ2v) is 8.18. The van der Waals surface area contributed by atoms with E-state index in [0.29, 0.717) is 33.7 Å². The zero-order valence-electron chi connectivity index (χ0n) is 18.8. The number of carbonyl (C=O) groups excluding carboxylic acids is 3. The predicted octanol–water partition coefficient (Wildman–Crippen LogP) is 2.53. The zero-order chi connectivity index (χ0) is 24.5. The van der Waals surface area contributed by atoms with Crippen LogP contribution in [0.1, 0.15) is 37.0 Å². The molecule has 0 unspecified atom stereocenters. The Kier molecular flexibility index (Phi) is 8.68. The summed E-state index contributed by atoms with van der Waals surface area (Å²) >= 11 is 1.19. The van der Waals surface area contributed by atoms with Gasteiger partial charge in [0.2, 0.25) is 5.91 Å². The van der Waals surface area contributed by atoms with Gasteiger partial charge < -0.3 is 15.2 Å². The van der Waals surface area contributed by atoms with Crippen molar-refractivity contribution in [1.29, 1.82) is 0 Å². The number of fused-ring (bicyclic) bond motifs is 1.